The van der Waals surface area contributed by atoms with E-state index in [1.165, 1.54) is 11.0 Å². The van der Waals surface area contributed by atoms with Gasteiger partial charge in [0.15, 0.2) is 0 Å². The highest BCUT2D eigenvalue weighted by Crippen LogP contribution is 2.54. The molecule has 3 aliphatic rings. The summed E-state index contributed by atoms with van der Waals surface area (Å²) < 4.78 is 28.1. The maximum Gasteiger partial charge on any atom is 0.271 e. The number of benzene rings is 2. The molecule has 1 aliphatic heterocycles. The lowest BCUT2D eigenvalue weighted by Crippen LogP contribution is -2.50. The number of nitrogens with zero attached hydrogens (tertiary/aromatic N) is 3. The van der Waals surface area contributed by atoms with Crippen molar-refractivity contribution >= 4 is 33.5 Å². The van der Waals surface area contributed by atoms with Crippen LogP contribution >= 0.6 is 0 Å². The quantitative estimate of drug-likeness (QED) is 0.381. The highest BCUT2D eigenvalue weighted by molar-refractivity contribution is 6.01. The number of allylic oxidation sites excluding steroid dienone is 2. The second-order valence-electron chi connectivity index (χ2n) is 10.6. The monoisotopic (exact) mass is 523 g/mol. The SMILES string of the molecule is N#CC(NC(=O)[C@@H]1[C@@H]2[C@H](CN1C(=O)c1cc3c(F)cc(F)cc3[nH]1)[C@@H]1C=C[C@H]2C1)c1cncc2ccccc12. The van der Waals surface area contributed by atoms with E-state index in [4.69, 9.17) is 0 Å². The van der Waals surface area contributed by atoms with Crippen LogP contribution in [-0.4, -0.2) is 39.3 Å². The molecule has 39 heavy (non-hydrogen) atoms. The molecule has 2 aromatic heterocycles. The predicted molar refractivity (Wildman–Crippen MR) is 139 cm³/mol. The summed E-state index contributed by atoms with van der Waals surface area (Å²) in [6.07, 6.45) is 8.50. The van der Waals surface area contributed by atoms with Crippen molar-refractivity contribution in [2.24, 2.45) is 23.7 Å². The number of aromatic amines is 1. The van der Waals surface area contributed by atoms with Gasteiger partial charge in [-0.3, -0.25) is 14.6 Å². The molecule has 2 bridgehead atoms. The largest absolute Gasteiger partial charge is 0.350 e. The van der Waals surface area contributed by atoms with Crippen LogP contribution in [0.3, 0.4) is 0 Å². The van der Waals surface area contributed by atoms with Gasteiger partial charge in [-0.1, -0.05) is 36.4 Å². The number of carbonyl (C=O) groups excluding carboxylic acids is 2. The van der Waals surface area contributed by atoms with E-state index >= 15 is 0 Å². The van der Waals surface area contributed by atoms with Gasteiger partial charge in [0, 0.05) is 41.3 Å². The summed E-state index contributed by atoms with van der Waals surface area (Å²) in [4.78, 5) is 36.4. The molecule has 2 amide bonds. The lowest BCUT2D eigenvalue weighted by molar-refractivity contribution is -0.126. The number of fused-ring (bicyclic) bond motifs is 7. The van der Waals surface area contributed by atoms with Gasteiger partial charge >= 0.3 is 0 Å². The normalized spacial score (nSPS) is 25.7. The number of nitrogens with one attached hydrogen (secondary N) is 2. The Morgan fingerprint density at radius 2 is 1.92 bits per heavy atom. The lowest BCUT2D eigenvalue weighted by atomic mass is 9.81. The van der Waals surface area contributed by atoms with Crippen LogP contribution in [0.5, 0.6) is 0 Å². The molecule has 2 fully saturated rings. The molecule has 0 spiro atoms. The standard InChI is InChI=1S/C30H23F2N5O2/c31-18-8-23(32)20-10-25(35-24(20)9-18)30(39)37-14-22-15-5-6-16(7-15)27(22)28(37)29(38)36-26(11-33)21-13-34-12-17-3-1-2-4-19(17)21/h1-6,8-10,12-13,15-16,22,26-28,35H,7,14H2,(H,36,38)/t15-,16+,22-,26?,27+,28+/m1/s1. The van der Waals surface area contributed by atoms with Gasteiger partial charge in [-0.2, -0.15) is 5.26 Å². The molecule has 9 heteroatoms. The third-order valence-corrected chi connectivity index (χ3v) is 8.63. The van der Waals surface area contributed by atoms with Gasteiger partial charge < -0.3 is 15.2 Å². The number of halogens is 2. The third kappa shape index (κ3) is 3.62. The fourth-order valence-electron chi connectivity index (χ4n) is 6.97. The van der Waals surface area contributed by atoms with E-state index in [1.54, 1.807) is 12.4 Å². The molecular weight excluding hydrogens is 500 g/mol. The van der Waals surface area contributed by atoms with E-state index in [0.717, 1.165) is 29.3 Å². The topological polar surface area (TPSA) is 102 Å². The zero-order valence-electron chi connectivity index (χ0n) is 20.6. The van der Waals surface area contributed by atoms with Crippen LogP contribution in [0.15, 0.2) is 67.0 Å². The van der Waals surface area contributed by atoms with Gasteiger partial charge in [0.25, 0.3) is 5.91 Å². The van der Waals surface area contributed by atoms with Crippen molar-refractivity contribution in [3.63, 3.8) is 0 Å². The summed E-state index contributed by atoms with van der Waals surface area (Å²) in [5.41, 5.74) is 0.839. The lowest BCUT2D eigenvalue weighted by Gasteiger charge is -2.30. The fourth-order valence-corrected chi connectivity index (χ4v) is 6.97. The van der Waals surface area contributed by atoms with Gasteiger partial charge in [-0.15, -0.1) is 0 Å². The molecule has 194 valence electrons. The zero-order chi connectivity index (χ0) is 26.8. The maximum absolute atomic E-state index is 14.4. The highest BCUT2D eigenvalue weighted by Gasteiger charge is 2.58. The van der Waals surface area contributed by atoms with E-state index in [0.29, 0.717) is 12.1 Å². The zero-order valence-corrected chi connectivity index (χ0v) is 20.6. The Kier molecular flexibility index (Phi) is 5.27. The number of rotatable bonds is 4. The molecule has 6 atom stereocenters. The molecule has 2 aliphatic carbocycles. The molecule has 1 unspecified atom stereocenters. The minimum absolute atomic E-state index is 0.0858. The number of carbonyl (C=O) groups is 2. The molecule has 7 rings (SSSR count). The number of aromatic nitrogens is 2. The summed E-state index contributed by atoms with van der Waals surface area (Å²) >= 11 is 0. The average molecular weight is 524 g/mol. The molecule has 2 N–H and O–H groups in total. The number of hydrogen-bond donors (Lipinski definition) is 2. The second-order valence-corrected chi connectivity index (χ2v) is 10.6. The average Bonchev–Trinajstić information content (AvgIpc) is 3.72. The van der Waals surface area contributed by atoms with Gasteiger partial charge in [0.1, 0.15) is 29.4 Å². The first-order chi connectivity index (χ1) is 18.9. The number of nitriles is 1. The van der Waals surface area contributed by atoms with Crippen molar-refractivity contribution in [3.8, 4) is 6.07 Å². The van der Waals surface area contributed by atoms with Gasteiger partial charge in [0.2, 0.25) is 5.91 Å². The smallest absolute Gasteiger partial charge is 0.271 e. The summed E-state index contributed by atoms with van der Waals surface area (Å²) in [5, 5.41) is 14.7. The molecule has 3 heterocycles. The minimum Gasteiger partial charge on any atom is -0.350 e. The van der Waals surface area contributed by atoms with Crippen LogP contribution in [0.25, 0.3) is 21.7 Å². The Bertz CT molecular complexity index is 1740. The summed E-state index contributed by atoms with van der Waals surface area (Å²) in [7, 11) is 0. The van der Waals surface area contributed by atoms with Crippen molar-refractivity contribution in [2.75, 3.05) is 6.54 Å². The number of likely N-dealkylation sites (tertiary alicyclic amines) is 1. The molecule has 1 saturated heterocycles. The Hall–Kier alpha value is -4.58. The first-order valence-corrected chi connectivity index (χ1v) is 12.9. The number of amides is 2. The number of pyridine rings is 1. The molecule has 4 aromatic rings. The van der Waals surface area contributed by atoms with Crippen molar-refractivity contribution in [1.29, 1.82) is 5.26 Å². The predicted octanol–water partition coefficient (Wildman–Crippen LogP) is 4.64. The molecule has 2 aromatic carbocycles. The Labute approximate surface area is 222 Å². The van der Waals surface area contributed by atoms with Crippen molar-refractivity contribution in [1.82, 2.24) is 20.2 Å². The van der Waals surface area contributed by atoms with Crippen LogP contribution in [-0.2, 0) is 4.79 Å². The van der Waals surface area contributed by atoms with E-state index in [-0.39, 0.29) is 40.3 Å². The second kappa shape index (κ2) is 8.73. The Balaban J connectivity index is 1.23. The van der Waals surface area contributed by atoms with Crippen LogP contribution < -0.4 is 5.32 Å². The molecule has 1 saturated carbocycles. The maximum atomic E-state index is 14.4. The van der Waals surface area contributed by atoms with Crippen molar-refractivity contribution in [2.45, 2.75) is 18.5 Å². The fraction of sp³-hybridized carbons (Fsp3) is 0.267. The van der Waals surface area contributed by atoms with Crippen LogP contribution in [0.1, 0.15) is 28.5 Å². The summed E-state index contributed by atoms with van der Waals surface area (Å²) in [6.45, 7) is 0.367. The number of hydrogen-bond acceptors (Lipinski definition) is 4. The first kappa shape index (κ1) is 23.5. The van der Waals surface area contributed by atoms with Crippen molar-refractivity contribution in [3.05, 3.63) is 89.9 Å². The van der Waals surface area contributed by atoms with Crippen LogP contribution in [0.2, 0.25) is 0 Å². The minimum atomic E-state index is -0.966. The van der Waals surface area contributed by atoms with Gasteiger partial charge in [-0.05, 0) is 47.6 Å². The molecule has 0 radical (unpaired) electrons. The van der Waals surface area contributed by atoms with Gasteiger partial charge in [0.05, 0.1) is 11.6 Å². The Morgan fingerprint density at radius 1 is 1.10 bits per heavy atom. The van der Waals surface area contributed by atoms with Crippen LogP contribution in [0.4, 0.5) is 8.78 Å². The molecular formula is C30H23F2N5O2. The number of H-pyrrole nitrogens is 1. The summed E-state index contributed by atoms with van der Waals surface area (Å²) in [6, 6.07) is 11.2. The Morgan fingerprint density at radius 3 is 2.77 bits per heavy atom. The van der Waals surface area contributed by atoms with E-state index in [1.807, 2.05) is 24.3 Å². The van der Waals surface area contributed by atoms with Crippen molar-refractivity contribution < 1.29 is 18.4 Å². The van der Waals surface area contributed by atoms with E-state index in [2.05, 4.69) is 33.5 Å². The first-order valence-electron chi connectivity index (χ1n) is 12.9. The van der Waals surface area contributed by atoms with E-state index < -0.39 is 35.5 Å². The van der Waals surface area contributed by atoms with Gasteiger partial charge in [-0.25, -0.2) is 8.78 Å². The highest BCUT2D eigenvalue weighted by atomic mass is 19.1. The van der Waals surface area contributed by atoms with E-state index in [9.17, 15) is 23.6 Å². The third-order valence-electron chi connectivity index (χ3n) is 8.63. The molecule has 7 nitrogen and oxygen atoms in total. The summed E-state index contributed by atoms with van der Waals surface area (Å²) in [5.74, 6) is -1.94. The van der Waals surface area contributed by atoms with Crippen LogP contribution in [0, 0.1) is 46.6 Å².